The second kappa shape index (κ2) is 11.1. The molecule has 0 saturated carbocycles. The summed E-state index contributed by atoms with van der Waals surface area (Å²) in [5.41, 5.74) is -1.38. The Morgan fingerprint density at radius 1 is 0.960 bits per heavy atom. The van der Waals surface area contributed by atoms with E-state index in [4.69, 9.17) is 10.9 Å². The lowest BCUT2D eigenvalue weighted by Gasteiger charge is -2.19. The van der Waals surface area contributed by atoms with Gasteiger partial charge in [0.2, 0.25) is 0 Å². The quantitative estimate of drug-likeness (QED) is 0.270. The molecule has 0 bridgehead atoms. The highest BCUT2D eigenvalue weighted by molar-refractivity contribution is 5.95. The first-order chi connectivity index (χ1) is 11.9. The second-order valence-corrected chi connectivity index (χ2v) is 6.09. The Hall–Kier alpha value is -1.60. The Kier molecular flexibility index (Phi) is 9.52. The first-order valence-corrected chi connectivity index (χ1v) is 8.71. The van der Waals surface area contributed by atoms with Gasteiger partial charge in [0, 0.05) is 13.2 Å². The molecule has 7 heteroatoms. The minimum absolute atomic E-state index is 0.232. The summed E-state index contributed by atoms with van der Waals surface area (Å²) in [5.74, 6) is 4.84. The number of carbonyl (C=O) groups is 1. The van der Waals surface area contributed by atoms with Crippen molar-refractivity contribution in [2.45, 2.75) is 57.5 Å². The Bertz CT molecular complexity index is 521. The van der Waals surface area contributed by atoms with E-state index in [0.717, 1.165) is 62.1 Å². The summed E-state index contributed by atoms with van der Waals surface area (Å²) in [7, 11) is 0. The van der Waals surface area contributed by atoms with E-state index in [1.165, 1.54) is 12.1 Å². The number of carbonyl (C=O) groups excluding carboxylic acids is 1. The summed E-state index contributed by atoms with van der Waals surface area (Å²) in [5, 5.41) is 9.54. The number of nitrogens with zero attached hydrogens (tertiary/aromatic N) is 1. The molecule has 1 rings (SSSR count). The molecule has 0 atom stereocenters. The van der Waals surface area contributed by atoms with Crippen LogP contribution in [0.2, 0.25) is 0 Å². The number of aliphatic hydroxyl groups excluding tert-OH is 1. The maximum Gasteiger partial charge on any atom is 0.417 e. The molecule has 0 radical (unpaired) electrons. The smallest absolute Gasteiger partial charge is 0.396 e. The van der Waals surface area contributed by atoms with Crippen LogP contribution < -0.4 is 5.84 Å². The lowest BCUT2D eigenvalue weighted by Crippen LogP contribution is -2.39. The number of aliphatic hydroxyl groups is 1. The molecule has 4 nitrogen and oxygen atoms in total. The lowest BCUT2D eigenvalue weighted by atomic mass is 10.1. The predicted molar refractivity (Wildman–Crippen MR) is 90.7 cm³/mol. The zero-order valence-corrected chi connectivity index (χ0v) is 14.4. The van der Waals surface area contributed by atoms with Crippen LogP contribution in [0.4, 0.5) is 13.2 Å². The van der Waals surface area contributed by atoms with E-state index in [2.05, 4.69) is 0 Å². The third-order valence-electron chi connectivity index (χ3n) is 4.03. The van der Waals surface area contributed by atoms with E-state index in [1.54, 1.807) is 0 Å². The van der Waals surface area contributed by atoms with Crippen LogP contribution in [0.3, 0.4) is 0 Å². The lowest BCUT2D eigenvalue weighted by molar-refractivity contribution is -0.138. The molecule has 1 amide bonds. The van der Waals surface area contributed by atoms with Gasteiger partial charge in [-0.2, -0.15) is 13.2 Å². The molecule has 0 saturated heterocycles. The van der Waals surface area contributed by atoms with E-state index >= 15 is 0 Å². The molecule has 0 aliphatic rings. The molecule has 1 aromatic rings. The summed E-state index contributed by atoms with van der Waals surface area (Å²) in [4.78, 5) is 12.2. The van der Waals surface area contributed by atoms with Gasteiger partial charge in [-0.3, -0.25) is 9.80 Å². The van der Waals surface area contributed by atoms with Crippen molar-refractivity contribution in [3.63, 3.8) is 0 Å². The number of unbranched alkanes of at least 4 members (excludes halogenated alkanes) is 7. The molecule has 0 unspecified atom stereocenters. The Labute approximate surface area is 146 Å². The van der Waals surface area contributed by atoms with Gasteiger partial charge in [0.05, 0.1) is 11.1 Å². The van der Waals surface area contributed by atoms with Gasteiger partial charge < -0.3 is 5.11 Å². The normalized spacial score (nSPS) is 11.6. The number of alkyl halides is 3. The van der Waals surface area contributed by atoms with Gasteiger partial charge in [-0.25, -0.2) is 5.84 Å². The Balaban J connectivity index is 2.34. The summed E-state index contributed by atoms with van der Waals surface area (Å²) in [6.07, 6.45) is 3.09. The highest BCUT2D eigenvalue weighted by Crippen LogP contribution is 2.32. The SMILES string of the molecule is NN(CCCCCCCCCCO)C(=O)c1ccccc1C(F)(F)F. The van der Waals surface area contributed by atoms with Gasteiger partial charge in [-0.05, 0) is 25.0 Å². The summed E-state index contributed by atoms with van der Waals surface area (Å²) in [6.45, 7) is 0.466. The highest BCUT2D eigenvalue weighted by atomic mass is 19.4. The number of rotatable bonds is 11. The number of amides is 1. The van der Waals surface area contributed by atoms with Crippen LogP contribution in [0, 0.1) is 0 Å². The third-order valence-corrected chi connectivity index (χ3v) is 4.03. The second-order valence-electron chi connectivity index (χ2n) is 6.09. The average Bonchev–Trinajstić information content (AvgIpc) is 2.58. The molecular weight excluding hydrogens is 333 g/mol. The van der Waals surface area contributed by atoms with E-state index < -0.39 is 23.2 Å². The van der Waals surface area contributed by atoms with Crippen LogP contribution in [0.15, 0.2) is 24.3 Å². The van der Waals surface area contributed by atoms with Gasteiger partial charge in [0.15, 0.2) is 0 Å². The van der Waals surface area contributed by atoms with Crippen LogP contribution in [0.1, 0.15) is 67.3 Å². The molecule has 0 fully saturated rings. The van der Waals surface area contributed by atoms with Crippen LogP contribution in [0.5, 0.6) is 0 Å². The van der Waals surface area contributed by atoms with Gasteiger partial charge in [-0.1, -0.05) is 50.7 Å². The van der Waals surface area contributed by atoms with Crippen LogP contribution in [-0.2, 0) is 6.18 Å². The maximum absolute atomic E-state index is 12.9. The first-order valence-electron chi connectivity index (χ1n) is 8.71. The van der Waals surface area contributed by atoms with E-state index in [-0.39, 0.29) is 13.2 Å². The monoisotopic (exact) mass is 360 g/mol. The van der Waals surface area contributed by atoms with Crippen molar-refractivity contribution in [3.05, 3.63) is 35.4 Å². The number of hydrogen-bond donors (Lipinski definition) is 2. The molecular formula is C18H27F3N2O2. The molecule has 1 aromatic carbocycles. The van der Waals surface area contributed by atoms with Crippen LogP contribution in [-0.4, -0.2) is 29.2 Å². The number of halogens is 3. The molecule has 0 heterocycles. The molecule has 25 heavy (non-hydrogen) atoms. The fraction of sp³-hybridized carbons (Fsp3) is 0.611. The van der Waals surface area contributed by atoms with Gasteiger partial charge in [0.25, 0.3) is 5.91 Å². The van der Waals surface area contributed by atoms with Gasteiger partial charge >= 0.3 is 6.18 Å². The van der Waals surface area contributed by atoms with Crippen LogP contribution in [0.25, 0.3) is 0 Å². The molecule has 3 N–H and O–H groups in total. The maximum atomic E-state index is 12.9. The molecule has 0 aliphatic heterocycles. The van der Waals surface area contributed by atoms with Crippen molar-refractivity contribution in [3.8, 4) is 0 Å². The number of benzene rings is 1. The van der Waals surface area contributed by atoms with Crippen LogP contribution >= 0.6 is 0 Å². The minimum Gasteiger partial charge on any atom is -0.396 e. The van der Waals surface area contributed by atoms with Crippen molar-refractivity contribution in [2.75, 3.05) is 13.2 Å². The summed E-state index contributed by atoms with van der Waals surface area (Å²) in [6, 6.07) is 4.68. The summed E-state index contributed by atoms with van der Waals surface area (Å²) >= 11 is 0. The molecule has 0 aromatic heterocycles. The highest BCUT2D eigenvalue weighted by Gasteiger charge is 2.35. The van der Waals surface area contributed by atoms with Crippen molar-refractivity contribution < 1.29 is 23.1 Å². The largest absolute Gasteiger partial charge is 0.417 e. The zero-order valence-electron chi connectivity index (χ0n) is 14.4. The number of hydrazine groups is 1. The molecule has 142 valence electrons. The number of hydrogen-bond acceptors (Lipinski definition) is 3. The number of nitrogens with two attached hydrogens (primary N) is 1. The first kappa shape index (κ1) is 21.4. The molecule has 0 spiro atoms. The third kappa shape index (κ3) is 7.88. The zero-order chi connectivity index (χ0) is 18.7. The van der Waals surface area contributed by atoms with Gasteiger partial charge in [0.1, 0.15) is 0 Å². The standard InChI is InChI=1S/C18H27F3N2O2/c19-18(20,21)16-12-8-7-11-15(16)17(25)23(22)13-9-5-3-1-2-4-6-10-14-24/h7-8,11-12,24H,1-6,9-10,13-14,22H2. The van der Waals surface area contributed by atoms with Crippen molar-refractivity contribution in [2.24, 2.45) is 5.84 Å². The van der Waals surface area contributed by atoms with Crippen molar-refractivity contribution >= 4 is 5.91 Å². The van der Waals surface area contributed by atoms with E-state index in [1.807, 2.05) is 0 Å². The fourth-order valence-electron chi connectivity index (χ4n) is 2.63. The molecule has 0 aliphatic carbocycles. The predicted octanol–water partition coefficient (Wildman–Crippen LogP) is 4.13. The van der Waals surface area contributed by atoms with E-state index in [9.17, 15) is 18.0 Å². The van der Waals surface area contributed by atoms with E-state index in [0.29, 0.717) is 6.42 Å². The Morgan fingerprint density at radius 3 is 2.04 bits per heavy atom. The van der Waals surface area contributed by atoms with Crippen molar-refractivity contribution in [1.29, 1.82) is 0 Å². The Morgan fingerprint density at radius 2 is 1.48 bits per heavy atom. The topological polar surface area (TPSA) is 66.6 Å². The van der Waals surface area contributed by atoms with Crippen molar-refractivity contribution in [1.82, 2.24) is 5.01 Å². The minimum atomic E-state index is -4.58. The average molecular weight is 360 g/mol. The summed E-state index contributed by atoms with van der Waals surface area (Å²) < 4.78 is 38.8. The van der Waals surface area contributed by atoms with Gasteiger partial charge in [-0.15, -0.1) is 0 Å². The fourth-order valence-corrected chi connectivity index (χ4v) is 2.63.